The quantitative estimate of drug-likeness (QED) is 0.191. The van der Waals surface area contributed by atoms with E-state index in [1.165, 1.54) is 7.11 Å². The van der Waals surface area contributed by atoms with Crippen LogP contribution in [0.2, 0.25) is 5.02 Å². The van der Waals surface area contributed by atoms with Crippen LogP contribution in [-0.4, -0.2) is 112 Å². The first-order valence-corrected chi connectivity index (χ1v) is 21.4. The van der Waals surface area contributed by atoms with Crippen molar-refractivity contribution in [2.24, 2.45) is 17.3 Å². The van der Waals surface area contributed by atoms with E-state index in [1.807, 2.05) is 4.90 Å². The number of halogens is 2. The largest absolute Gasteiger partial charge is 0.480 e. The standard InChI is InChI=1S/C39H49ClFN7O5S/c1-51-37-32-35(33(41)34(44-37)31-26(15-42)28(43)14-27(40)30(31)21-5-6-21)45-38(46-36(32)47-10-11-52-17-25(49)16-47)53-20-39-7-2-4-29(39)48(9-3-8-39)24-12-22-18-54(50)19-23(22)13-24/h14-15,21-25,29,42,49H,2-13,16-20,43H2,1H3. The molecule has 5 atom stereocenters. The van der Waals surface area contributed by atoms with E-state index in [9.17, 15) is 9.32 Å². The molecule has 0 bridgehead atoms. The molecular formula is C39H49ClFN7O5S. The number of nitrogens with two attached hydrogens (primary N) is 1. The molecule has 5 unspecified atom stereocenters. The SMILES string of the molecule is COc1nc(-c2c(C=N)c(N)cc(Cl)c2C2CC2)c(F)c2nc(OCC34CCCC3N(C3CC5CS(=O)CC5C3)CCC4)nc(N3CCOCC(O)C3)c12. The van der Waals surface area contributed by atoms with Gasteiger partial charge in [-0.1, -0.05) is 18.0 Å². The highest BCUT2D eigenvalue weighted by atomic mass is 35.5. The highest BCUT2D eigenvalue weighted by Crippen LogP contribution is 2.53. The number of β-amino-alcohol motifs (C(OH)–C–C–N with tert-alkyl or cyclic N) is 1. The maximum absolute atomic E-state index is 17.4. The summed E-state index contributed by atoms with van der Waals surface area (Å²) < 4.78 is 47.9. The minimum atomic E-state index is -0.794. The molecule has 3 aliphatic carbocycles. The van der Waals surface area contributed by atoms with Crippen LogP contribution >= 0.6 is 11.6 Å². The number of nitrogens with zero attached hydrogens (tertiary/aromatic N) is 5. The predicted molar refractivity (Wildman–Crippen MR) is 207 cm³/mol. The van der Waals surface area contributed by atoms with E-state index < -0.39 is 22.7 Å². The second-order valence-corrected chi connectivity index (χ2v) is 18.4. The summed E-state index contributed by atoms with van der Waals surface area (Å²) in [5.41, 5.74) is 7.88. The summed E-state index contributed by atoms with van der Waals surface area (Å²) in [5, 5.41) is 19.7. The zero-order chi connectivity index (χ0) is 37.3. The average Bonchev–Trinajstić information content (AvgIpc) is 3.71. The van der Waals surface area contributed by atoms with E-state index in [-0.39, 0.29) is 58.7 Å². The lowest BCUT2D eigenvalue weighted by Crippen LogP contribution is -2.55. The van der Waals surface area contributed by atoms with Crippen LogP contribution in [0, 0.1) is 28.5 Å². The van der Waals surface area contributed by atoms with Gasteiger partial charge in [0.15, 0.2) is 5.82 Å². The molecule has 54 heavy (non-hydrogen) atoms. The van der Waals surface area contributed by atoms with Crippen molar-refractivity contribution in [1.82, 2.24) is 19.9 Å². The number of likely N-dealkylation sites (tertiary alicyclic amines) is 1. The lowest BCUT2D eigenvalue weighted by molar-refractivity contribution is -0.0223. The van der Waals surface area contributed by atoms with E-state index >= 15 is 4.39 Å². The van der Waals surface area contributed by atoms with Gasteiger partial charge < -0.3 is 35.4 Å². The number of rotatable bonds is 9. The van der Waals surface area contributed by atoms with E-state index in [2.05, 4.69) is 4.90 Å². The summed E-state index contributed by atoms with van der Waals surface area (Å²) in [5.74, 6) is 2.66. The number of hydrogen-bond acceptors (Lipinski definition) is 12. The molecule has 3 aromatic rings. The average molecular weight is 782 g/mol. The van der Waals surface area contributed by atoms with Gasteiger partial charge in [0.25, 0.3) is 0 Å². The van der Waals surface area contributed by atoms with E-state index in [4.69, 9.17) is 51.9 Å². The van der Waals surface area contributed by atoms with Gasteiger partial charge in [0, 0.05) is 80.9 Å². The van der Waals surface area contributed by atoms with Gasteiger partial charge in [-0.3, -0.25) is 9.11 Å². The first-order chi connectivity index (χ1) is 26.2. The Hall–Kier alpha value is -3.17. The monoisotopic (exact) mass is 781 g/mol. The normalized spacial score (nSPS) is 31.4. The fraction of sp³-hybridized carbons (Fsp3) is 0.641. The molecule has 290 valence electrons. The molecule has 5 heterocycles. The van der Waals surface area contributed by atoms with Gasteiger partial charge in [-0.25, -0.2) is 9.37 Å². The number of pyridine rings is 1. The van der Waals surface area contributed by atoms with Crippen LogP contribution in [0.1, 0.15) is 74.8 Å². The molecular weight excluding hydrogens is 733 g/mol. The predicted octanol–water partition coefficient (Wildman–Crippen LogP) is 5.32. The summed E-state index contributed by atoms with van der Waals surface area (Å²) in [7, 11) is 0.803. The number of aliphatic hydroxyl groups is 1. The van der Waals surface area contributed by atoms with Crippen molar-refractivity contribution in [3.8, 4) is 23.1 Å². The van der Waals surface area contributed by atoms with Crippen LogP contribution in [0.25, 0.3) is 22.2 Å². The minimum Gasteiger partial charge on any atom is -0.480 e. The van der Waals surface area contributed by atoms with Crippen LogP contribution in [0.5, 0.6) is 11.9 Å². The maximum atomic E-state index is 17.4. The lowest BCUT2D eigenvalue weighted by atomic mass is 9.75. The lowest BCUT2D eigenvalue weighted by Gasteiger charge is -2.48. The van der Waals surface area contributed by atoms with Crippen LogP contribution < -0.4 is 20.1 Å². The molecule has 12 nitrogen and oxygen atoms in total. The first kappa shape index (κ1) is 36.5. The third kappa shape index (κ3) is 6.33. The van der Waals surface area contributed by atoms with Crippen molar-refractivity contribution in [3.63, 3.8) is 0 Å². The Morgan fingerprint density at radius 2 is 1.94 bits per heavy atom. The Morgan fingerprint density at radius 1 is 1.17 bits per heavy atom. The van der Waals surface area contributed by atoms with Gasteiger partial charge in [-0.2, -0.15) is 9.97 Å². The van der Waals surface area contributed by atoms with Gasteiger partial charge in [0.2, 0.25) is 5.88 Å². The molecule has 6 fully saturated rings. The summed E-state index contributed by atoms with van der Waals surface area (Å²) in [4.78, 5) is 19.1. The molecule has 0 amide bonds. The third-order valence-electron chi connectivity index (χ3n) is 13.1. The van der Waals surface area contributed by atoms with Crippen molar-refractivity contribution in [1.29, 1.82) is 5.41 Å². The zero-order valence-electron chi connectivity index (χ0n) is 30.7. The minimum absolute atomic E-state index is 0.0339. The highest BCUT2D eigenvalue weighted by Gasteiger charge is 2.52. The number of methoxy groups -OCH3 is 1. The van der Waals surface area contributed by atoms with Gasteiger partial charge in [0.1, 0.15) is 22.4 Å². The molecule has 0 radical (unpaired) electrons. The molecule has 1 aromatic carbocycles. The molecule has 0 spiro atoms. The second-order valence-electron chi connectivity index (χ2n) is 16.4. The Morgan fingerprint density at radius 3 is 2.69 bits per heavy atom. The van der Waals surface area contributed by atoms with Crippen molar-refractivity contribution in [2.45, 2.75) is 81.9 Å². The molecule has 3 saturated heterocycles. The second kappa shape index (κ2) is 14.4. The number of hydrogen-bond donors (Lipinski definition) is 3. The third-order valence-corrected chi connectivity index (χ3v) is 15.0. The number of nitrogen functional groups attached to an aromatic ring is 1. The van der Waals surface area contributed by atoms with Gasteiger partial charge in [-0.05, 0) is 87.3 Å². The first-order valence-electron chi connectivity index (χ1n) is 19.5. The smallest absolute Gasteiger partial charge is 0.319 e. The number of aromatic nitrogens is 3. The van der Waals surface area contributed by atoms with Crippen molar-refractivity contribution in [3.05, 3.63) is 28.0 Å². The number of piperidine rings is 1. The number of nitrogens with one attached hydrogen (secondary N) is 1. The molecule has 2 aromatic heterocycles. The summed E-state index contributed by atoms with van der Waals surface area (Å²) in [6.45, 7) is 2.57. The number of anilines is 2. The molecule has 15 heteroatoms. The Balaban J connectivity index is 1.12. The van der Waals surface area contributed by atoms with Crippen LogP contribution in [0.15, 0.2) is 6.07 Å². The Kier molecular flexibility index (Phi) is 9.73. The Labute approximate surface area is 322 Å². The summed E-state index contributed by atoms with van der Waals surface area (Å²) in [6, 6.07) is 2.56. The van der Waals surface area contributed by atoms with Crippen LogP contribution in [0.4, 0.5) is 15.9 Å². The fourth-order valence-corrected chi connectivity index (χ4v) is 12.8. The molecule has 3 aliphatic heterocycles. The molecule has 6 aliphatic rings. The summed E-state index contributed by atoms with van der Waals surface area (Å²) >= 11 is 6.77. The maximum Gasteiger partial charge on any atom is 0.319 e. The van der Waals surface area contributed by atoms with E-state index in [0.29, 0.717) is 71.2 Å². The Bertz CT molecular complexity index is 1990. The fourth-order valence-electron chi connectivity index (χ4n) is 10.6. The van der Waals surface area contributed by atoms with Crippen LogP contribution in [-0.2, 0) is 15.5 Å². The van der Waals surface area contributed by atoms with Crippen LogP contribution in [0.3, 0.4) is 0 Å². The summed E-state index contributed by atoms with van der Waals surface area (Å²) in [6.07, 6.45) is 9.73. The van der Waals surface area contributed by atoms with E-state index in [0.717, 1.165) is 82.1 Å². The number of fused-ring (bicyclic) bond motifs is 3. The molecule has 3 saturated carbocycles. The number of ether oxygens (including phenoxy) is 3. The van der Waals surface area contributed by atoms with Crippen molar-refractivity contribution < 1.29 is 27.9 Å². The molecule has 4 N–H and O–H groups in total. The van der Waals surface area contributed by atoms with Gasteiger partial charge >= 0.3 is 6.01 Å². The molecule has 9 rings (SSSR count). The zero-order valence-corrected chi connectivity index (χ0v) is 32.3. The number of benzene rings is 1. The number of aliphatic hydroxyl groups excluding tert-OH is 1. The topological polar surface area (TPSA) is 160 Å². The van der Waals surface area contributed by atoms with Gasteiger partial charge in [-0.15, -0.1) is 0 Å². The van der Waals surface area contributed by atoms with E-state index in [1.54, 1.807) is 6.07 Å². The van der Waals surface area contributed by atoms with Crippen molar-refractivity contribution >= 4 is 51.0 Å². The van der Waals surface area contributed by atoms with Crippen molar-refractivity contribution in [2.75, 3.05) is 68.7 Å². The highest BCUT2D eigenvalue weighted by molar-refractivity contribution is 7.85. The van der Waals surface area contributed by atoms with Gasteiger partial charge in [0.05, 0.1) is 33.0 Å².